The molecule has 340 valence electrons. The van der Waals surface area contributed by atoms with Crippen molar-refractivity contribution >= 4 is 19.8 Å². The number of allylic oxidation sites excluding steroid dienone is 12. The normalized spacial score (nSPS) is 14.0. The highest BCUT2D eigenvalue weighted by Crippen LogP contribution is 2.43. The van der Waals surface area contributed by atoms with Gasteiger partial charge in [0.1, 0.15) is 6.61 Å². The van der Waals surface area contributed by atoms with Gasteiger partial charge in [-0.3, -0.25) is 18.6 Å². The third kappa shape index (κ3) is 44.8. The van der Waals surface area contributed by atoms with E-state index in [-0.39, 0.29) is 26.1 Å². The lowest BCUT2D eigenvalue weighted by molar-refractivity contribution is -0.161. The first-order valence-electron chi connectivity index (χ1n) is 23.2. The monoisotopic (exact) mass is 848 g/mol. The number of phosphoric ester groups is 1. The number of carbonyl (C=O) groups is 2. The van der Waals surface area contributed by atoms with E-state index in [4.69, 9.17) is 18.5 Å². The second-order valence-corrected chi connectivity index (χ2v) is 17.0. The van der Waals surface area contributed by atoms with E-state index in [9.17, 15) is 19.0 Å². The second kappa shape index (κ2) is 43.5. The van der Waals surface area contributed by atoms with E-state index >= 15 is 0 Å². The van der Waals surface area contributed by atoms with Crippen molar-refractivity contribution in [1.82, 2.24) is 4.90 Å². The van der Waals surface area contributed by atoms with Crippen LogP contribution in [0.5, 0.6) is 0 Å². The molecule has 0 aromatic heterocycles. The first-order valence-corrected chi connectivity index (χ1v) is 24.7. The van der Waals surface area contributed by atoms with Crippen molar-refractivity contribution in [2.75, 3.05) is 40.5 Å². The molecule has 2 atom stereocenters. The molecule has 1 N–H and O–H groups in total. The molecule has 0 aliphatic carbocycles. The molecular formula is C49H86NO8P. The number of hydrogen-bond donors (Lipinski definition) is 1. The Balaban J connectivity index is 4.33. The molecule has 0 aliphatic heterocycles. The second-order valence-electron chi connectivity index (χ2n) is 15.5. The molecule has 0 spiro atoms. The number of nitrogens with zero attached hydrogens (tertiary/aromatic N) is 1. The third-order valence-electron chi connectivity index (χ3n) is 9.50. The van der Waals surface area contributed by atoms with Gasteiger partial charge in [0.15, 0.2) is 6.10 Å². The smallest absolute Gasteiger partial charge is 0.462 e. The maximum atomic E-state index is 12.7. The molecule has 0 aromatic rings. The number of esters is 2. The first kappa shape index (κ1) is 56.5. The zero-order valence-electron chi connectivity index (χ0n) is 37.9. The predicted octanol–water partition coefficient (Wildman–Crippen LogP) is 13.7. The first-order chi connectivity index (χ1) is 28.7. The molecule has 0 aliphatic rings. The summed E-state index contributed by atoms with van der Waals surface area (Å²) in [5, 5.41) is 0. The van der Waals surface area contributed by atoms with Crippen LogP contribution in [-0.2, 0) is 32.7 Å². The van der Waals surface area contributed by atoms with Gasteiger partial charge in [-0.2, -0.15) is 0 Å². The molecule has 0 amide bonds. The summed E-state index contributed by atoms with van der Waals surface area (Å²) in [6, 6.07) is 0. The summed E-state index contributed by atoms with van der Waals surface area (Å²) in [7, 11) is -0.737. The number of likely N-dealkylation sites (N-methyl/N-ethyl adjacent to an activating group) is 1. The number of hydrogen-bond acceptors (Lipinski definition) is 8. The quantitative estimate of drug-likeness (QED) is 0.0278. The van der Waals surface area contributed by atoms with Crippen molar-refractivity contribution in [2.45, 2.75) is 187 Å². The van der Waals surface area contributed by atoms with Crippen LogP contribution in [-0.4, -0.2) is 68.3 Å². The fraction of sp³-hybridized carbons (Fsp3) is 0.714. The van der Waals surface area contributed by atoms with Gasteiger partial charge in [-0.1, -0.05) is 157 Å². The Labute approximate surface area is 361 Å². The number of unbranched alkanes of at least 4 members (excludes halogenated alkanes) is 16. The lowest BCUT2D eigenvalue weighted by Crippen LogP contribution is -2.29. The lowest BCUT2D eigenvalue weighted by atomic mass is 10.1. The van der Waals surface area contributed by atoms with Gasteiger partial charge in [0.25, 0.3) is 0 Å². The molecule has 0 bridgehead atoms. The number of rotatable bonds is 42. The van der Waals surface area contributed by atoms with E-state index < -0.39 is 32.5 Å². The molecule has 0 fully saturated rings. The SMILES string of the molecule is CC/C=C\C/C=C\C/C=C\C/C=C\C/C=C\CCCCCC(=O)OCC(COP(=O)(O)OCCN(C)C)OC(=O)CCCCCCCCC/C=C\CCCCCCCC. The van der Waals surface area contributed by atoms with Gasteiger partial charge in [-0.05, 0) is 97.6 Å². The Bertz CT molecular complexity index is 1210. The largest absolute Gasteiger partial charge is 0.472 e. The highest BCUT2D eigenvalue weighted by molar-refractivity contribution is 7.47. The predicted molar refractivity (Wildman–Crippen MR) is 247 cm³/mol. The van der Waals surface area contributed by atoms with Crippen LogP contribution in [0.25, 0.3) is 0 Å². The fourth-order valence-corrected chi connectivity index (χ4v) is 6.68. The standard InChI is InChI=1S/C49H86NO8P/c1-5-7-9-11-13-15-17-19-21-23-24-26-27-29-31-33-35-37-39-41-48(51)55-45-47(46-57-59(53,54)56-44-43-50(3)4)58-49(52)42-40-38-36-34-32-30-28-25-22-20-18-16-14-12-10-8-6-2/h7,9,13,15,19-22,24,26,29,31,47H,5-6,8,10-12,14,16-18,23,25,27-28,30,32-46H2,1-4H3,(H,53,54)/b9-7-,15-13-,21-19-,22-20-,26-24-,31-29-. The number of carbonyl (C=O) groups excluding carboxylic acids is 2. The molecule has 0 rings (SSSR count). The van der Waals surface area contributed by atoms with Crippen molar-refractivity contribution in [2.24, 2.45) is 0 Å². The Morgan fingerprint density at radius 2 is 0.966 bits per heavy atom. The van der Waals surface area contributed by atoms with Crippen LogP contribution in [0.4, 0.5) is 0 Å². The van der Waals surface area contributed by atoms with Crippen molar-refractivity contribution in [3.05, 3.63) is 72.9 Å². The van der Waals surface area contributed by atoms with Crippen molar-refractivity contribution in [1.29, 1.82) is 0 Å². The zero-order valence-corrected chi connectivity index (χ0v) is 38.8. The molecule has 2 unspecified atom stereocenters. The minimum Gasteiger partial charge on any atom is -0.462 e. The Kier molecular flexibility index (Phi) is 41.7. The van der Waals surface area contributed by atoms with Gasteiger partial charge in [0.05, 0.1) is 13.2 Å². The third-order valence-corrected chi connectivity index (χ3v) is 10.5. The summed E-state index contributed by atoms with van der Waals surface area (Å²) < 4.78 is 33.5. The topological polar surface area (TPSA) is 112 Å². The van der Waals surface area contributed by atoms with E-state index in [1.807, 2.05) is 19.0 Å². The maximum absolute atomic E-state index is 12.7. The lowest BCUT2D eigenvalue weighted by Gasteiger charge is -2.20. The molecule has 9 nitrogen and oxygen atoms in total. The van der Waals surface area contributed by atoms with Gasteiger partial charge in [0.2, 0.25) is 0 Å². The zero-order chi connectivity index (χ0) is 43.3. The highest BCUT2D eigenvalue weighted by atomic mass is 31.2. The van der Waals surface area contributed by atoms with E-state index in [2.05, 4.69) is 86.8 Å². The summed E-state index contributed by atoms with van der Waals surface area (Å²) in [5.41, 5.74) is 0. The summed E-state index contributed by atoms with van der Waals surface area (Å²) >= 11 is 0. The van der Waals surface area contributed by atoms with Crippen LogP contribution < -0.4 is 0 Å². The molecule has 0 saturated carbocycles. The average Bonchev–Trinajstić information content (AvgIpc) is 3.20. The van der Waals surface area contributed by atoms with Crippen LogP contribution in [0, 0.1) is 0 Å². The Morgan fingerprint density at radius 1 is 0.542 bits per heavy atom. The van der Waals surface area contributed by atoms with Crippen LogP contribution in [0.3, 0.4) is 0 Å². The van der Waals surface area contributed by atoms with E-state index in [1.54, 1.807) is 0 Å². The van der Waals surface area contributed by atoms with E-state index in [0.717, 1.165) is 77.0 Å². The highest BCUT2D eigenvalue weighted by Gasteiger charge is 2.26. The maximum Gasteiger partial charge on any atom is 0.472 e. The number of phosphoric acid groups is 1. The molecule has 0 aromatic carbocycles. The van der Waals surface area contributed by atoms with Crippen molar-refractivity contribution in [3.8, 4) is 0 Å². The summed E-state index contributed by atoms with van der Waals surface area (Å²) in [5.74, 6) is -0.849. The summed E-state index contributed by atoms with van der Waals surface area (Å²) in [6.07, 6.45) is 52.3. The summed E-state index contributed by atoms with van der Waals surface area (Å²) in [4.78, 5) is 37.1. The Hall–Kier alpha value is -2.55. The minimum absolute atomic E-state index is 0.00233. The average molecular weight is 848 g/mol. The van der Waals surface area contributed by atoms with Crippen LogP contribution >= 0.6 is 7.82 Å². The van der Waals surface area contributed by atoms with Gasteiger partial charge in [-0.15, -0.1) is 0 Å². The van der Waals surface area contributed by atoms with Crippen LogP contribution in [0.2, 0.25) is 0 Å². The molecule has 59 heavy (non-hydrogen) atoms. The van der Waals surface area contributed by atoms with Crippen LogP contribution in [0.15, 0.2) is 72.9 Å². The molecule has 0 saturated heterocycles. The van der Waals surface area contributed by atoms with Gasteiger partial charge < -0.3 is 19.3 Å². The van der Waals surface area contributed by atoms with Gasteiger partial charge >= 0.3 is 19.8 Å². The van der Waals surface area contributed by atoms with E-state index in [1.165, 1.54) is 64.2 Å². The molecule has 10 heteroatoms. The van der Waals surface area contributed by atoms with E-state index in [0.29, 0.717) is 19.4 Å². The summed E-state index contributed by atoms with van der Waals surface area (Å²) in [6.45, 7) is 4.16. The molecule has 0 radical (unpaired) electrons. The Morgan fingerprint density at radius 3 is 1.47 bits per heavy atom. The van der Waals surface area contributed by atoms with Gasteiger partial charge in [-0.25, -0.2) is 4.57 Å². The number of ether oxygens (including phenoxy) is 2. The minimum atomic E-state index is -4.38. The van der Waals surface area contributed by atoms with Crippen molar-refractivity contribution < 1.29 is 37.6 Å². The van der Waals surface area contributed by atoms with Gasteiger partial charge in [0, 0.05) is 19.4 Å². The van der Waals surface area contributed by atoms with Crippen molar-refractivity contribution in [3.63, 3.8) is 0 Å². The molecule has 0 heterocycles. The van der Waals surface area contributed by atoms with Crippen LogP contribution in [0.1, 0.15) is 181 Å². The molecular weight excluding hydrogens is 762 g/mol. The fourth-order valence-electron chi connectivity index (χ4n) is 5.94.